The number of nitrogens with zero attached hydrogens (tertiary/aromatic N) is 1. The summed E-state index contributed by atoms with van der Waals surface area (Å²) in [5, 5.41) is 3.86. The molecule has 0 unspecified atom stereocenters. The zero-order valence-electron chi connectivity index (χ0n) is 16.3. The van der Waals surface area contributed by atoms with Crippen molar-refractivity contribution in [3.05, 3.63) is 53.4 Å². The van der Waals surface area contributed by atoms with Crippen LogP contribution < -0.4 is 0 Å². The average Bonchev–Trinajstić information content (AvgIpc) is 3.39. The zero-order valence-corrected chi connectivity index (χ0v) is 16.3. The lowest BCUT2D eigenvalue weighted by Crippen LogP contribution is -2.42. The minimum absolute atomic E-state index is 0.0404. The topological polar surface area (TPSA) is 70.8 Å². The predicted molar refractivity (Wildman–Crippen MR) is 102 cm³/mol. The van der Waals surface area contributed by atoms with Crippen LogP contribution in [0.1, 0.15) is 60.8 Å². The van der Waals surface area contributed by atoms with Gasteiger partial charge in [0.25, 0.3) is 0 Å². The minimum atomic E-state index is -0.439. The predicted octanol–water partition coefficient (Wildman–Crippen LogP) is 4.04. The Kier molecular flexibility index (Phi) is 5.51. The molecule has 2 aliphatic rings. The highest BCUT2D eigenvalue weighted by Crippen LogP contribution is 2.48. The summed E-state index contributed by atoms with van der Waals surface area (Å²) in [4.78, 5) is 11.8. The molecule has 28 heavy (non-hydrogen) atoms. The van der Waals surface area contributed by atoms with E-state index in [1.165, 1.54) is 5.56 Å². The molecule has 0 bridgehead atoms. The summed E-state index contributed by atoms with van der Waals surface area (Å²) in [6.07, 6.45) is 5.42. The van der Waals surface area contributed by atoms with Gasteiger partial charge < -0.3 is 18.7 Å². The lowest BCUT2D eigenvalue weighted by atomic mass is 9.65. The lowest BCUT2D eigenvalue weighted by molar-refractivity contribution is -0.185. The second-order valence-corrected chi connectivity index (χ2v) is 7.65. The third kappa shape index (κ3) is 3.84. The van der Waals surface area contributed by atoms with Gasteiger partial charge in [-0.1, -0.05) is 35.5 Å². The van der Waals surface area contributed by atoms with E-state index in [4.69, 9.17) is 18.7 Å². The molecule has 4 rings (SSSR count). The number of rotatable bonds is 6. The fourth-order valence-corrected chi connectivity index (χ4v) is 4.46. The normalized spacial score (nSPS) is 20.3. The van der Waals surface area contributed by atoms with Crippen LogP contribution >= 0.6 is 0 Å². The largest absolute Gasteiger partial charge is 0.461 e. The molecule has 0 atom stereocenters. The maximum atomic E-state index is 11.8. The number of carbonyl (C=O) groups excluding carboxylic acids is 1. The van der Waals surface area contributed by atoms with Gasteiger partial charge >= 0.3 is 5.97 Å². The SMILES string of the molecule is CCOC(=O)c1cc(CCC2(c3ccccc3)CCC3(CC2)OCCO3)on1. The lowest BCUT2D eigenvalue weighted by Gasteiger charge is -2.44. The van der Waals surface area contributed by atoms with Gasteiger partial charge in [0, 0.05) is 25.3 Å². The van der Waals surface area contributed by atoms with Crippen LogP contribution in [0.25, 0.3) is 0 Å². The average molecular weight is 385 g/mol. The highest BCUT2D eigenvalue weighted by atomic mass is 16.7. The van der Waals surface area contributed by atoms with Crippen molar-refractivity contribution in [3.63, 3.8) is 0 Å². The van der Waals surface area contributed by atoms with Crippen LogP contribution in [0.5, 0.6) is 0 Å². The van der Waals surface area contributed by atoms with Crippen LogP contribution in [0.15, 0.2) is 40.9 Å². The van der Waals surface area contributed by atoms with Gasteiger partial charge in [-0.3, -0.25) is 0 Å². The molecule has 150 valence electrons. The Hall–Kier alpha value is -2.18. The Morgan fingerprint density at radius 1 is 1.11 bits per heavy atom. The molecule has 6 heteroatoms. The molecule has 0 N–H and O–H groups in total. The molecule has 1 aromatic carbocycles. The van der Waals surface area contributed by atoms with E-state index in [0.717, 1.165) is 38.5 Å². The van der Waals surface area contributed by atoms with E-state index in [0.29, 0.717) is 25.6 Å². The maximum Gasteiger partial charge on any atom is 0.360 e. The smallest absolute Gasteiger partial charge is 0.360 e. The number of hydrogen-bond donors (Lipinski definition) is 0. The third-order valence-electron chi connectivity index (χ3n) is 6.06. The third-order valence-corrected chi connectivity index (χ3v) is 6.06. The summed E-state index contributed by atoms with van der Waals surface area (Å²) < 4.78 is 22.2. The van der Waals surface area contributed by atoms with E-state index in [-0.39, 0.29) is 16.9 Å². The van der Waals surface area contributed by atoms with Gasteiger partial charge in [0.2, 0.25) is 0 Å². The molecular formula is C22H27NO5. The summed E-state index contributed by atoms with van der Waals surface area (Å²) >= 11 is 0. The number of esters is 1. The van der Waals surface area contributed by atoms with Gasteiger partial charge in [0.15, 0.2) is 11.5 Å². The van der Waals surface area contributed by atoms with Gasteiger partial charge in [0.1, 0.15) is 5.76 Å². The molecule has 2 heterocycles. The Morgan fingerprint density at radius 2 is 1.82 bits per heavy atom. The van der Waals surface area contributed by atoms with Crippen molar-refractivity contribution >= 4 is 5.97 Å². The van der Waals surface area contributed by atoms with Gasteiger partial charge in [-0.05, 0) is 37.2 Å². The van der Waals surface area contributed by atoms with Crippen molar-refractivity contribution in [2.75, 3.05) is 19.8 Å². The summed E-state index contributed by atoms with van der Waals surface area (Å²) in [6.45, 7) is 3.47. The standard InChI is InChI=1S/C22H27NO5/c1-2-25-20(24)19-16-18(28-23-19)8-9-21(17-6-4-3-5-7-17)10-12-22(13-11-21)26-14-15-27-22/h3-7,16H,2,8-15H2,1H3. The minimum Gasteiger partial charge on any atom is -0.461 e. The van der Waals surface area contributed by atoms with Gasteiger partial charge in [-0.15, -0.1) is 0 Å². The molecule has 6 nitrogen and oxygen atoms in total. The monoisotopic (exact) mass is 385 g/mol. The Morgan fingerprint density at radius 3 is 2.50 bits per heavy atom. The van der Waals surface area contributed by atoms with Crippen LogP contribution in [0.4, 0.5) is 0 Å². The highest BCUT2D eigenvalue weighted by Gasteiger charge is 2.46. The maximum absolute atomic E-state index is 11.8. The van der Waals surface area contributed by atoms with Gasteiger partial charge in [-0.2, -0.15) is 0 Å². The first kappa shape index (κ1) is 19.2. The second-order valence-electron chi connectivity index (χ2n) is 7.65. The van der Waals surface area contributed by atoms with Crippen molar-refractivity contribution in [2.45, 2.75) is 56.7 Å². The van der Waals surface area contributed by atoms with Crippen LogP contribution in [0.2, 0.25) is 0 Å². The summed E-state index contributed by atoms with van der Waals surface area (Å²) in [6, 6.07) is 12.4. The fourth-order valence-electron chi connectivity index (χ4n) is 4.46. The molecule has 2 fully saturated rings. The van der Waals surface area contributed by atoms with E-state index in [1.807, 2.05) is 6.07 Å². The second kappa shape index (κ2) is 8.05. The number of aryl methyl sites for hydroxylation is 1. The molecule has 1 saturated carbocycles. The molecule has 2 aromatic rings. The molecule has 1 aromatic heterocycles. The van der Waals surface area contributed by atoms with Crippen molar-refractivity contribution in [1.29, 1.82) is 0 Å². The van der Waals surface area contributed by atoms with Crippen LogP contribution in [-0.4, -0.2) is 36.7 Å². The Balaban J connectivity index is 1.49. The Bertz CT molecular complexity index is 784. The summed E-state index contributed by atoms with van der Waals surface area (Å²) in [5.41, 5.74) is 1.62. The van der Waals surface area contributed by atoms with Gasteiger partial charge in [-0.25, -0.2) is 4.79 Å². The Labute approximate surface area is 165 Å². The van der Waals surface area contributed by atoms with E-state index in [2.05, 4.69) is 29.4 Å². The fraction of sp³-hybridized carbons (Fsp3) is 0.545. The summed E-state index contributed by atoms with van der Waals surface area (Å²) in [5.74, 6) is -0.112. The van der Waals surface area contributed by atoms with Crippen molar-refractivity contribution < 1.29 is 23.5 Å². The number of aromatic nitrogens is 1. The molecule has 1 aliphatic carbocycles. The molecule has 1 spiro atoms. The van der Waals surface area contributed by atoms with E-state index >= 15 is 0 Å². The first-order chi connectivity index (χ1) is 13.6. The summed E-state index contributed by atoms with van der Waals surface area (Å²) in [7, 11) is 0. The van der Waals surface area contributed by atoms with Crippen molar-refractivity contribution in [1.82, 2.24) is 5.16 Å². The van der Waals surface area contributed by atoms with E-state index in [1.54, 1.807) is 13.0 Å². The van der Waals surface area contributed by atoms with Crippen LogP contribution in [0, 0.1) is 0 Å². The first-order valence-electron chi connectivity index (χ1n) is 10.1. The quantitative estimate of drug-likeness (QED) is 0.699. The van der Waals surface area contributed by atoms with E-state index in [9.17, 15) is 4.79 Å². The molecule has 1 saturated heterocycles. The number of carbonyl (C=O) groups is 1. The van der Waals surface area contributed by atoms with Crippen LogP contribution in [-0.2, 0) is 26.0 Å². The molecular weight excluding hydrogens is 358 g/mol. The number of hydrogen-bond acceptors (Lipinski definition) is 6. The molecule has 1 aliphatic heterocycles. The zero-order chi connectivity index (χ0) is 19.5. The molecule has 0 radical (unpaired) electrons. The molecule has 0 amide bonds. The number of ether oxygens (including phenoxy) is 3. The van der Waals surface area contributed by atoms with Crippen molar-refractivity contribution in [2.24, 2.45) is 0 Å². The van der Waals surface area contributed by atoms with Crippen molar-refractivity contribution in [3.8, 4) is 0 Å². The highest BCUT2D eigenvalue weighted by molar-refractivity contribution is 5.87. The number of benzene rings is 1. The van der Waals surface area contributed by atoms with Gasteiger partial charge in [0.05, 0.1) is 19.8 Å². The first-order valence-corrected chi connectivity index (χ1v) is 10.1. The van der Waals surface area contributed by atoms with Crippen LogP contribution in [0.3, 0.4) is 0 Å². The van der Waals surface area contributed by atoms with E-state index < -0.39 is 5.97 Å².